The standard InChI is InChI=1S/C20H24N8O5S/c1-10-3-4-13(21)12(5-10)20(30)27-34(31,32)26-6-14-17(29)11(2)15(33-14)7-28-9-25-16-18(22)23-8-24-19(16)28/h3-5,8-9,14-15,17,26,29H,2,6-7,21H2,1H3,(H,27,30)(H2,22,23,24)/t14-,15+,17+/m1/s1. The number of benzene rings is 1. The van der Waals surface area contributed by atoms with E-state index < -0.39 is 34.4 Å². The first-order valence-electron chi connectivity index (χ1n) is 10.2. The molecule has 0 unspecified atom stereocenters. The number of nitrogens with zero attached hydrogens (tertiary/aromatic N) is 4. The molecular weight excluding hydrogens is 464 g/mol. The normalized spacial score (nSPS) is 20.6. The van der Waals surface area contributed by atoms with Gasteiger partial charge in [0.2, 0.25) is 0 Å². The Bertz CT molecular complexity index is 1370. The van der Waals surface area contributed by atoms with Gasteiger partial charge in [0.05, 0.1) is 24.5 Å². The summed E-state index contributed by atoms with van der Waals surface area (Å²) in [5.41, 5.74) is 13.8. The molecule has 13 nitrogen and oxygen atoms in total. The predicted molar refractivity (Wildman–Crippen MR) is 124 cm³/mol. The fourth-order valence-electron chi connectivity index (χ4n) is 3.60. The number of fused-ring (bicyclic) bond motifs is 1. The Hall–Kier alpha value is -3.59. The number of rotatable bonds is 7. The number of aromatic nitrogens is 4. The number of carbonyl (C=O) groups excluding carboxylic acids is 1. The topological polar surface area (TPSA) is 200 Å². The van der Waals surface area contributed by atoms with E-state index in [1.165, 1.54) is 24.8 Å². The molecule has 0 saturated carbocycles. The zero-order valence-electron chi connectivity index (χ0n) is 18.2. The maximum absolute atomic E-state index is 12.4. The van der Waals surface area contributed by atoms with Gasteiger partial charge in [0.25, 0.3) is 5.91 Å². The van der Waals surface area contributed by atoms with Gasteiger partial charge in [0.1, 0.15) is 24.1 Å². The van der Waals surface area contributed by atoms with E-state index in [0.717, 1.165) is 5.56 Å². The maximum atomic E-state index is 12.4. The number of hydrogen-bond donors (Lipinski definition) is 5. The van der Waals surface area contributed by atoms with Crippen LogP contribution in [0, 0.1) is 6.92 Å². The van der Waals surface area contributed by atoms with Gasteiger partial charge in [0, 0.05) is 12.2 Å². The zero-order valence-corrected chi connectivity index (χ0v) is 19.0. The third kappa shape index (κ3) is 4.70. The average Bonchev–Trinajstić information content (AvgIpc) is 3.31. The fourth-order valence-corrected chi connectivity index (χ4v) is 4.41. The lowest BCUT2D eigenvalue weighted by atomic mass is 10.1. The van der Waals surface area contributed by atoms with Crippen LogP contribution >= 0.6 is 0 Å². The van der Waals surface area contributed by atoms with Crippen molar-refractivity contribution < 1.29 is 23.1 Å². The van der Waals surface area contributed by atoms with Crippen LogP contribution in [0.5, 0.6) is 0 Å². The minimum absolute atomic E-state index is 0.0352. The summed E-state index contributed by atoms with van der Waals surface area (Å²) in [6, 6.07) is 4.70. The molecule has 14 heteroatoms. The first-order chi connectivity index (χ1) is 16.1. The molecule has 0 aliphatic carbocycles. The van der Waals surface area contributed by atoms with Crippen LogP contribution in [0.3, 0.4) is 0 Å². The Morgan fingerprint density at radius 3 is 2.82 bits per heavy atom. The number of anilines is 2. The Labute approximate surface area is 195 Å². The second kappa shape index (κ2) is 8.98. The first-order valence-corrected chi connectivity index (χ1v) is 11.7. The minimum atomic E-state index is -4.26. The van der Waals surface area contributed by atoms with Gasteiger partial charge >= 0.3 is 10.2 Å². The number of nitrogen functional groups attached to an aromatic ring is 2. The summed E-state index contributed by atoms with van der Waals surface area (Å²) < 4.78 is 36.4. The van der Waals surface area contributed by atoms with Crippen molar-refractivity contribution in [3.8, 4) is 0 Å². The third-order valence-corrected chi connectivity index (χ3v) is 6.43. The van der Waals surface area contributed by atoms with E-state index >= 15 is 0 Å². The number of carbonyl (C=O) groups is 1. The SMILES string of the molecule is C=C1[C@H](Cn2cnc3c(N)ncnc32)O[C@H](CNS(=O)(=O)NC(=O)c2cc(C)ccc2N)[C@H]1O. The number of aliphatic hydroxyl groups excluding tert-OH is 1. The number of aryl methyl sites for hydroxylation is 1. The number of nitrogens with two attached hydrogens (primary N) is 2. The molecule has 3 aromatic rings. The molecule has 1 aliphatic heterocycles. The average molecular weight is 489 g/mol. The van der Waals surface area contributed by atoms with Crippen LogP contribution in [0.25, 0.3) is 11.2 Å². The fraction of sp³-hybridized carbons (Fsp3) is 0.300. The second-order valence-electron chi connectivity index (χ2n) is 7.88. The molecule has 4 rings (SSSR count). The summed E-state index contributed by atoms with van der Waals surface area (Å²) >= 11 is 0. The largest absolute Gasteiger partial charge is 0.398 e. The summed E-state index contributed by atoms with van der Waals surface area (Å²) in [5.74, 6) is -0.645. The molecule has 0 radical (unpaired) electrons. The monoisotopic (exact) mass is 488 g/mol. The molecule has 3 heterocycles. The Balaban J connectivity index is 1.39. The number of imidazole rings is 1. The van der Waals surface area contributed by atoms with E-state index in [2.05, 4.69) is 26.3 Å². The molecule has 1 aromatic carbocycles. The Morgan fingerprint density at radius 1 is 1.29 bits per heavy atom. The molecule has 2 aromatic heterocycles. The van der Waals surface area contributed by atoms with Gasteiger partial charge in [-0.15, -0.1) is 0 Å². The summed E-state index contributed by atoms with van der Waals surface area (Å²) in [5, 5.41) is 10.5. The van der Waals surface area contributed by atoms with Crippen molar-refractivity contribution in [2.24, 2.45) is 0 Å². The predicted octanol–water partition coefficient (Wildman–Crippen LogP) is -0.752. The van der Waals surface area contributed by atoms with Gasteiger partial charge in [-0.1, -0.05) is 18.2 Å². The highest BCUT2D eigenvalue weighted by molar-refractivity contribution is 7.88. The highest BCUT2D eigenvalue weighted by Crippen LogP contribution is 2.27. The van der Waals surface area contributed by atoms with Crippen molar-refractivity contribution in [1.29, 1.82) is 0 Å². The van der Waals surface area contributed by atoms with E-state index in [1.54, 1.807) is 17.6 Å². The van der Waals surface area contributed by atoms with Crippen molar-refractivity contribution in [2.45, 2.75) is 31.8 Å². The lowest BCUT2D eigenvalue weighted by Crippen LogP contribution is -2.45. The van der Waals surface area contributed by atoms with Crippen molar-refractivity contribution in [3.05, 3.63) is 54.1 Å². The van der Waals surface area contributed by atoms with Crippen LogP contribution in [0.1, 0.15) is 15.9 Å². The van der Waals surface area contributed by atoms with E-state index in [-0.39, 0.29) is 30.2 Å². The number of ether oxygens (including phenoxy) is 1. The Kier molecular flexibility index (Phi) is 6.22. The van der Waals surface area contributed by atoms with Crippen LogP contribution in [-0.4, -0.2) is 63.8 Å². The first kappa shape index (κ1) is 23.6. The lowest BCUT2D eigenvalue weighted by molar-refractivity contribution is 0.00916. The molecule has 180 valence electrons. The lowest BCUT2D eigenvalue weighted by Gasteiger charge is -2.16. The smallest absolute Gasteiger partial charge is 0.301 e. The van der Waals surface area contributed by atoms with Crippen LogP contribution in [0.4, 0.5) is 11.5 Å². The molecule has 34 heavy (non-hydrogen) atoms. The van der Waals surface area contributed by atoms with Crippen LogP contribution in [0.2, 0.25) is 0 Å². The highest BCUT2D eigenvalue weighted by atomic mass is 32.2. The van der Waals surface area contributed by atoms with Crippen molar-refractivity contribution in [3.63, 3.8) is 0 Å². The van der Waals surface area contributed by atoms with Crippen LogP contribution in [0.15, 0.2) is 43.0 Å². The van der Waals surface area contributed by atoms with Crippen molar-refractivity contribution in [2.75, 3.05) is 18.0 Å². The zero-order chi connectivity index (χ0) is 24.6. The molecule has 7 N–H and O–H groups in total. The summed E-state index contributed by atoms with van der Waals surface area (Å²) in [6.45, 7) is 5.53. The van der Waals surface area contributed by atoms with Gasteiger partial charge in [-0.25, -0.2) is 19.7 Å². The van der Waals surface area contributed by atoms with Crippen LogP contribution < -0.4 is 20.9 Å². The molecule has 0 bridgehead atoms. The summed E-state index contributed by atoms with van der Waals surface area (Å²) in [7, 11) is -4.26. The van der Waals surface area contributed by atoms with Crippen molar-refractivity contribution in [1.82, 2.24) is 29.0 Å². The molecule has 1 fully saturated rings. The molecule has 3 atom stereocenters. The molecule has 1 aliphatic rings. The minimum Gasteiger partial charge on any atom is -0.398 e. The van der Waals surface area contributed by atoms with E-state index in [1.807, 2.05) is 4.72 Å². The van der Waals surface area contributed by atoms with Crippen molar-refractivity contribution >= 4 is 38.8 Å². The Morgan fingerprint density at radius 2 is 2.06 bits per heavy atom. The van der Waals surface area contributed by atoms with Gasteiger partial charge in [0.15, 0.2) is 11.5 Å². The summed E-state index contributed by atoms with van der Waals surface area (Å²) in [6.07, 6.45) is 0.125. The number of amides is 1. The maximum Gasteiger partial charge on any atom is 0.301 e. The van der Waals surface area contributed by atoms with Gasteiger partial charge < -0.3 is 25.9 Å². The van der Waals surface area contributed by atoms with E-state index in [0.29, 0.717) is 16.7 Å². The summed E-state index contributed by atoms with van der Waals surface area (Å²) in [4.78, 5) is 24.6. The molecule has 1 saturated heterocycles. The second-order valence-corrected chi connectivity index (χ2v) is 9.38. The molecule has 0 spiro atoms. The number of nitrogens with one attached hydrogen (secondary N) is 2. The van der Waals surface area contributed by atoms with Gasteiger partial charge in [-0.3, -0.25) is 4.79 Å². The van der Waals surface area contributed by atoms with E-state index in [9.17, 15) is 18.3 Å². The quantitative estimate of drug-likeness (QED) is 0.208. The van der Waals surface area contributed by atoms with Crippen LogP contribution in [-0.2, 0) is 21.5 Å². The van der Waals surface area contributed by atoms with E-state index in [4.69, 9.17) is 16.2 Å². The molecular formula is C20H24N8O5S. The number of aliphatic hydroxyl groups is 1. The molecule has 1 amide bonds. The van der Waals surface area contributed by atoms with Gasteiger partial charge in [-0.2, -0.15) is 13.1 Å². The highest BCUT2D eigenvalue weighted by Gasteiger charge is 2.38. The number of hydrogen-bond acceptors (Lipinski definition) is 10. The third-order valence-electron chi connectivity index (χ3n) is 5.43. The van der Waals surface area contributed by atoms with Gasteiger partial charge in [-0.05, 0) is 24.6 Å².